The third-order valence-electron chi connectivity index (χ3n) is 4.02. The van der Waals surface area contributed by atoms with Crippen molar-refractivity contribution in [2.24, 2.45) is 0 Å². The fraction of sp³-hybridized carbons (Fsp3) is 0.158. The van der Waals surface area contributed by atoms with E-state index in [4.69, 9.17) is 0 Å². The van der Waals surface area contributed by atoms with E-state index >= 15 is 0 Å². The third-order valence-corrected chi connectivity index (χ3v) is 6.01. The molecule has 0 saturated carbocycles. The Morgan fingerprint density at radius 1 is 1.15 bits per heavy atom. The minimum Gasteiger partial charge on any atom is -0.330 e. The molecule has 0 saturated heterocycles. The van der Waals surface area contributed by atoms with Crippen LogP contribution < -0.4 is 10.9 Å². The van der Waals surface area contributed by atoms with Crippen LogP contribution >= 0.6 is 23.1 Å². The van der Waals surface area contributed by atoms with Crippen molar-refractivity contribution >= 4 is 44.8 Å². The molecular formula is C19H17N5OS2. The number of H-pyrrole nitrogens is 1. The van der Waals surface area contributed by atoms with Crippen molar-refractivity contribution in [3.63, 3.8) is 0 Å². The minimum atomic E-state index is -0.120. The molecule has 136 valence electrons. The minimum absolute atomic E-state index is 0.120. The highest BCUT2D eigenvalue weighted by Crippen LogP contribution is 2.30. The number of para-hydroxylation sites is 1. The maximum Gasteiger partial charge on any atom is 0.258 e. The molecule has 8 heteroatoms. The summed E-state index contributed by atoms with van der Waals surface area (Å²) in [4.78, 5) is 19.5. The highest BCUT2D eigenvalue weighted by atomic mass is 32.2. The first-order valence-electron chi connectivity index (χ1n) is 8.37. The second kappa shape index (κ2) is 7.50. The van der Waals surface area contributed by atoms with Crippen LogP contribution in [0.5, 0.6) is 0 Å². The van der Waals surface area contributed by atoms with Gasteiger partial charge in [0.25, 0.3) is 5.56 Å². The number of aromatic nitrogens is 4. The molecule has 0 unspecified atom stereocenters. The summed E-state index contributed by atoms with van der Waals surface area (Å²) < 4.78 is 0.818. The molecule has 0 radical (unpaired) electrons. The van der Waals surface area contributed by atoms with Crippen molar-refractivity contribution in [2.45, 2.75) is 23.9 Å². The monoisotopic (exact) mass is 395 g/mol. The van der Waals surface area contributed by atoms with E-state index in [9.17, 15) is 4.79 Å². The summed E-state index contributed by atoms with van der Waals surface area (Å²) in [7, 11) is 0. The molecule has 2 aromatic heterocycles. The largest absolute Gasteiger partial charge is 0.330 e. The van der Waals surface area contributed by atoms with Gasteiger partial charge in [-0.15, -0.1) is 10.2 Å². The first-order chi connectivity index (χ1) is 13.1. The van der Waals surface area contributed by atoms with Gasteiger partial charge in [0.1, 0.15) is 5.82 Å². The molecule has 4 rings (SSSR count). The number of thioether (sulfide) groups is 1. The Kier molecular flexibility index (Phi) is 4.91. The lowest BCUT2D eigenvalue weighted by Crippen LogP contribution is -2.11. The topological polar surface area (TPSA) is 83.6 Å². The van der Waals surface area contributed by atoms with Crippen LogP contribution in [0.1, 0.15) is 17.0 Å². The Hall–Kier alpha value is -2.71. The van der Waals surface area contributed by atoms with Gasteiger partial charge in [-0.1, -0.05) is 52.9 Å². The van der Waals surface area contributed by atoms with Gasteiger partial charge in [0.05, 0.1) is 16.7 Å². The molecule has 0 aliphatic heterocycles. The fourth-order valence-corrected chi connectivity index (χ4v) is 4.36. The summed E-state index contributed by atoms with van der Waals surface area (Å²) in [5, 5.41) is 13.1. The number of aryl methyl sites for hydroxylation is 2. The first-order valence-corrected chi connectivity index (χ1v) is 10.2. The van der Waals surface area contributed by atoms with Crippen molar-refractivity contribution in [1.82, 2.24) is 20.2 Å². The van der Waals surface area contributed by atoms with E-state index in [1.807, 2.05) is 24.3 Å². The summed E-state index contributed by atoms with van der Waals surface area (Å²) >= 11 is 2.98. The van der Waals surface area contributed by atoms with Gasteiger partial charge < -0.3 is 10.3 Å². The van der Waals surface area contributed by atoms with Crippen molar-refractivity contribution in [3.05, 3.63) is 69.8 Å². The van der Waals surface area contributed by atoms with Crippen LogP contribution in [0.15, 0.2) is 51.6 Å². The summed E-state index contributed by atoms with van der Waals surface area (Å²) in [5.41, 5.74) is 3.99. The van der Waals surface area contributed by atoms with Crippen molar-refractivity contribution < 1.29 is 0 Å². The molecular weight excluding hydrogens is 378 g/mol. The maximum atomic E-state index is 12.1. The quantitative estimate of drug-likeness (QED) is 0.487. The highest BCUT2D eigenvalue weighted by Gasteiger charge is 2.09. The zero-order valence-corrected chi connectivity index (χ0v) is 16.4. The summed E-state index contributed by atoms with van der Waals surface area (Å²) in [6.45, 7) is 4.13. The molecule has 0 spiro atoms. The van der Waals surface area contributed by atoms with Gasteiger partial charge in [-0.25, -0.2) is 4.98 Å². The van der Waals surface area contributed by atoms with Crippen LogP contribution in [0.3, 0.4) is 0 Å². The second-order valence-electron chi connectivity index (χ2n) is 6.13. The van der Waals surface area contributed by atoms with Gasteiger partial charge in [-0.05, 0) is 37.6 Å². The Bertz CT molecular complexity index is 1170. The van der Waals surface area contributed by atoms with Crippen LogP contribution in [0.4, 0.5) is 10.8 Å². The summed E-state index contributed by atoms with van der Waals surface area (Å²) in [6, 6.07) is 13.6. The van der Waals surface area contributed by atoms with E-state index in [1.54, 1.807) is 6.07 Å². The normalized spacial score (nSPS) is 11.0. The van der Waals surface area contributed by atoms with Gasteiger partial charge in [0.2, 0.25) is 5.13 Å². The van der Waals surface area contributed by atoms with Crippen LogP contribution in [-0.2, 0) is 5.75 Å². The lowest BCUT2D eigenvalue weighted by molar-refractivity contribution is 1.00. The molecule has 0 atom stereocenters. The zero-order chi connectivity index (χ0) is 18.8. The lowest BCUT2D eigenvalue weighted by Gasteiger charge is -2.06. The highest BCUT2D eigenvalue weighted by molar-refractivity contribution is 8.00. The van der Waals surface area contributed by atoms with Gasteiger partial charge >= 0.3 is 0 Å². The SMILES string of the molecule is Cc1ccc(Nc2nnc(SCc3nc4ccccc4c(=O)[nH]3)s2)c(C)c1. The molecule has 0 aliphatic rings. The van der Waals surface area contributed by atoms with Gasteiger partial charge in [-0.2, -0.15) is 0 Å². The predicted octanol–water partition coefficient (Wildman–Crippen LogP) is 4.43. The molecule has 27 heavy (non-hydrogen) atoms. The van der Waals surface area contributed by atoms with Crippen molar-refractivity contribution in [2.75, 3.05) is 5.32 Å². The Morgan fingerprint density at radius 2 is 2.00 bits per heavy atom. The summed E-state index contributed by atoms with van der Waals surface area (Å²) in [6.07, 6.45) is 0. The molecule has 0 aliphatic carbocycles. The van der Waals surface area contributed by atoms with E-state index in [2.05, 4.69) is 51.5 Å². The third kappa shape index (κ3) is 4.01. The number of rotatable bonds is 5. The smallest absolute Gasteiger partial charge is 0.258 e. The molecule has 0 bridgehead atoms. The first kappa shape index (κ1) is 17.7. The molecule has 6 nitrogen and oxygen atoms in total. The predicted molar refractivity (Wildman–Crippen MR) is 111 cm³/mol. The van der Waals surface area contributed by atoms with Gasteiger partial charge in [0.15, 0.2) is 4.34 Å². The summed E-state index contributed by atoms with van der Waals surface area (Å²) in [5.74, 6) is 1.15. The molecule has 2 aromatic carbocycles. The fourth-order valence-electron chi connectivity index (χ4n) is 2.72. The number of nitrogens with one attached hydrogen (secondary N) is 2. The average Bonchev–Trinajstić information content (AvgIpc) is 3.10. The molecule has 4 aromatic rings. The number of anilines is 2. The standard InChI is InChI=1S/C19H17N5OS2/c1-11-7-8-14(12(2)9-11)21-18-23-24-19(27-18)26-10-16-20-15-6-4-3-5-13(15)17(25)22-16/h3-9H,10H2,1-2H3,(H,21,23)(H,20,22,25). The van der Waals surface area contributed by atoms with E-state index in [1.165, 1.54) is 28.7 Å². The van der Waals surface area contributed by atoms with E-state index in [0.717, 1.165) is 20.7 Å². The number of hydrogen-bond donors (Lipinski definition) is 2. The number of aromatic amines is 1. The van der Waals surface area contributed by atoms with Crippen molar-refractivity contribution in [1.29, 1.82) is 0 Å². The van der Waals surface area contributed by atoms with E-state index < -0.39 is 0 Å². The van der Waals surface area contributed by atoms with E-state index in [-0.39, 0.29) is 5.56 Å². The molecule has 0 amide bonds. The Labute approximate surface area is 164 Å². The van der Waals surface area contributed by atoms with Crippen LogP contribution in [0.2, 0.25) is 0 Å². The lowest BCUT2D eigenvalue weighted by atomic mass is 10.1. The average molecular weight is 396 g/mol. The van der Waals surface area contributed by atoms with Gasteiger partial charge in [0, 0.05) is 5.69 Å². The maximum absolute atomic E-state index is 12.1. The Balaban J connectivity index is 1.46. The molecule has 2 heterocycles. The molecule has 2 N–H and O–H groups in total. The van der Waals surface area contributed by atoms with E-state index in [0.29, 0.717) is 22.5 Å². The number of fused-ring (bicyclic) bond motifs is 1. The Morgan fingerprint density at radius 3 is 2.85 bits per heavy atom. The molecule has 0 fully saturated rings. The van der Waals surface area contributed by atoms with Crippen molar-refractivity contribution in [3.8, 4) is 0 Å². The van der Waals surface area contributed by atoms with Gasteiger partial charge in [-0.3, -0.25) is 4.79 Å². The zero-order valence-electron chi connectivity index (χ0n) is 14.8. The van der Waals surface area contributed by atoms with Crippen LogP contribution in [0, 0.1) is 13.8 Å². The number of benzene rings is 2. The van der Waals surface area contributed by atoms with Crippen LogP contribution in [-0.4, -0.2) is 20.2 Å². The number of nitrogens with zero attached hydrogens (tertiary/aromatic N) is 3. The second-order valence-corrected chi connectivity index (χ2v) is 8.33. The van der Waals surface area contributed by atoms with Crippen LogP contribution in [0.25, 0.3) is 10.9 Å². The number of hydrogen-bond acceptors (Lipinski definition) is 7.